The molecule has 2 rings (SSSR count). The molecule has 0 bridgehead atoms. The summed E-state index contributed by atoms with van der Waals surface area (Å²) in [4.78, 5) is 11.5. The van der Waals surface area contributed by atoms with Crippen LogP contribution in [0.2, 0.25) is 5.02 Å². The maximum atomic E-state index is 12.2. The predicted octanol–water partition coefficient (Wildman–Crippen LogP) is 1.46. The Balaban J connectivity index is 2.18. The molecule has 1 atom stereocenters. The van der Waals surface area contributed by atoms with Gasteiger partial charge in [0.2, 0.25) is 15.9 Å². The standard InChI is InChI=1S/C13H15ClN2O3S/c1-10-13(17)15-7-8-16(10)20(18,19)9-6-11-2-4-12(14)5-3-11/h2-6,9-10H,7-8H2,1H3,(H,15,17). The second-order valence-corrected chi connectivity index (χ2v) is 6.68. The van der Waals surface area contributed by atoms with Crippen molar-refractivity contribution in [2.24, 2.45) is 0 Å². The number of amides is 1. The van der Waals surface area contributed by atoms with Crippen molar-refractivity contribution in [3.05, 3.63) is 40.3 Å². The molecule has 1 aromatic rings. The summed E-state index contributed by atoms with van der Waals surface area (Å²) in [6.45, 7) is 2.18. The number of hydrogen-bond donors (Lipinski definition) is 1. The molecule has 0 saturated carbocycles. The van der Waals surface area contributed by atoms with Gasteiger partial charge in [0.15, 0.2) is 0 Å². The number of halogens is 1. The Labute approximate surface area is 123 Å². The van der Waals surface area contributed by atoms with Gasteiger partial charge in [-0.05, 0) is 30.7 Å². The van der Waals surface area contributed by atoms with Gasteiger partial charge in [0.25, 0.3) is 0 Å². The molecule has 1 N–H and O–H groups in total. The third kappa shape index (κ3) is 3.39. The highest BCUT2D eigenvalue weighted by atomic mass is 35.5. The molecule has 5 nitrogen and oxygen atoms in total. The maximum Gasteiger partial charge on any atom is 0.238 e. The van der Waals surface area contributed by atoms with Crippen molar-refractivity contribution in [2.45, 2.75) is 13.0 Å². The lowest BCUT2D eigenvalue weighted by Gasteiger charge is -2.30. The van der Waals surface area contributed by atoms with Crippen LogP contribution in [0.3, 0.4) is 0 Å². The highest BCUT2D eigenvalue weighted by molar-refractivity contribution is 7.92. The van der Waals surface area contributed by atoms with Crippen LogP contribution in [0.4, 0.5) is 0 Å². The monoisotopic (exact) mass is 314 g/mol. The number of nitrogens with zero attached hydrogens (tertiary/aromatic N) is 1. The molecule has 0 radical (unpaired) electrons. The fraction of sp³-hybridized carbons (Fsp3) is 0.308. The largest absolute Gasteiger partial charge is 0.353 e. The lowest BCUT2D eigenvalue weighted by Crippen LogP contribution is -2.55. The molecular weight excluding hydrogens is 300 g/mol. The zero-order valence-corrected chi connectivity index (χ0v) is 12.5. The van der Waals surface area contributed by atoms with E-state index in [0.717, 1.165) is 11.0 Å². The van der Waals surface area contributed by atoms with Gasteiger partial charge in [0, 0.05) is 23.5 Å². The van der Waals surface area contributed by atoms with Crippen LogP contribution in [0.15, 0.2) is 29.7 Å². The van der Waals surface area contributed by atoms with E-state index in [1.54, 1.807) is 31.2 Å². The Morgan fingerprint density at radius 1 is 1.35 bits per heavy atom. The van der Waals surface area contributed by atoms with Crippen LogP contribution < -0.4 is 5.32 Å². The van der Waals surface area contributed by atoms with E-state index in [1.807, 2.05) is 0 Å². The third-order valence-electron chi connectivity index (χ3n) is 3.07. The van der Waals surface area contributed by atoms with Crippen molar-refractivity contribution >= 4 is 33.6 Å². The van der Waals surface area contributed by atoms with Crippen LogP contribution in [-0.4, -0.2) is 37.8 Å². The van der Waals surface area contributed by atoms with Gasteiger partial charge in [-0.15, -0.1) is 0 Å². The van der Waals surface area contributed by atoms with Crippen LogP contribution in [-0.2, 0) is 14.8 Å². The second-order valence-electron chi connectivity index (χ2n) is 4.48. The fourth-order valence-corrected chi connectivity index (χ4v) is 3.42. The number of sulfonamides is 1. The van der Waals surface area contributed by atoms with Gasteiger partial charge in [0.1, 0.15) is 6.04 Å². The highest BCUT2D eigenvalue weighted by Gasteiger charge is 2.32. The molecule has 1 saturated heterocycles. The van der Waals surface area contributed by atoms with E-state index >= 15 is 0 Å². The van der Waals surface area contributed by atoms with E-state index in [9.17, 15) is 13.2 Å². The summed E-state index contributed by atoms with van der Waals surface area (Å²) in [5, 5.41) is 4.34. The number of rotatable bonds is 3. The summed E-state index contributed by atoms with van der Waals surface area (Å²) in [6.07, 6.45) is 1.49. The summed E-state index contributed by atoms with van der Waals surface area (Å²) >= 11 is 5.76. The zero-order chi connectivity index (χ0) is 14.8. The van der Waals surface area contributed by atoms with Crippen molar-refractivity contribution in [1.82, 2.24) is 9.62 Å². The van der Waals surface area contributed by atoms with Crippen molar-refractivity contribution in [2.75, 3.05) is 13.1 Å². The minimum atomic E-state index is -3.61. The molecule has 108 valence electrons. The number of benzene rings is 1. The molecule has 7 heteroatoms. The average Bonchev–Trinajstić information content (AvgIpc) is 2.41. The van der Waals surface area contributed by atoms with Gasteiger partial charge in [-0.25, -0.2) is 8.42 Å². The van der Waals surface area contributed by atoms with E-state index in [4.69, 9.17) is 11.6 Å². The van der Waals surface area contributed by atoms with Crippen LogP contribution in [0, 0.1) is 0 Å². The normalized spacial score (nSPS) is 21.1. The lowest BCUT2D eigenvalue weighted by molar-refractivity contribution is -0.126. The molecule has 0 aromatic heterocycles. The zero-order valence-electron chi connectivity index (χ0n) is 10.9. The van der Waals surface area contributed by atoms with Crippen molar-refractivity contribution in [3.63, 3.8) is 0 Å². The first-order valence-corrected chi connectivity index (χ1v) is 8.01. The minimum absolute atomic E-state index is 0.278. The van der Waals surface area contributed by atoms with Crippen LogP contribution in [0.5, 0.6) is 0 Å². The fourth-order valence-electron chi connectivity index (χ4n) is 1.93. The Bertz CT molecular complexity index is 626. The molecule has 1 aliphatic heterocycles. The summed E-state index contributed by atoms with van der Waals surface area (Å²) in [7, 11) is -3.61. The Hall–Kier alpha value is -1.37. The van der Waals surface area contributed by atoms with Crippen LogP contribution in [0.25, 0.3) is 6.08 Å². The molecule has 0 spiro atoms. The molecule has 0 aliphatic carbocycles. The van der Waals surface area contributed by atoms with Crippen LogP contribution in [0.1, 0.15) is 12.5 Å². The molecular formula is C13H15ClN2O3S. The van der Waals surface area contributed by atoms with E-state index in [1.165, 1.54) is 10.4 Å². The molecule has 1 heterocycles. The summed E-state index contributed by atoms with van der Waals surface area (Å²) in [6, 6.07) is 6.13. The van der Waals surface area contributed by atoms with Gasteiger partial charge in [-0.1, -0.05) is 23.7 Å². The molecule has 1 unspecified atom stereocenters. The Morgan fingerprint density at radius 3 is 2.65 bits per heavy atom. The average molecular weight is 315 g/mol. The number of nitrogens with one attached hydrogen (secondary N) is 1. The second kappa shape index (κ2) is 5.95. The topological polar surface area (TPSA) is 66.5 Å². The van der Waals surface area contributed by atoms with Gasteiger partial charge < -0.3 is 5.32 Å². The van der Waals surface area contributed by atoms with Gasteiger partial charge in [-0.2, -0.15) is 4.31 Å². The minimum Gasteiger partial charge on any atom is -0.353 e. The van der Waals surface area contributed by atoms with Gasteiger partial charge in [0.05, 0.1) is 0 Å². The smallest absolute Gasteiger partial charge is 0.238 e. The van der Waals surface area contributed by atoms with Gasteiger partial charge >= 0.3 is 0 Å². The van der Waals surface area contributed by atoms with E-state index in [0.29, 0.717) is 11.6 Å². The first-order valence-electron chi connectivity index (χ1n) is 6.13. The Kier molecular flexibility index (Phi) is 4.47. The maximum absolute atomic E-state index is 12.2. The SMILES string of the molecule is CC1C(=O)NCCN1S(=O)(=O)C=Cc1ccc(Cl)cc1. The van der Waals surface area contributed by atoms with Crippen molar-refractivity contribution in [1.29, 1.82) is 0 Å². The lowest BCUT2D eigenvalue weighted by atomic mass is 10.2. The summed E-state index contributed by atoms with van der Waals surface area (Å²) < 4.78 is 25.6. The summed E-state index contributed by atoms with van der Waals surface area (Å²) in [5.74, 6) is -0.278. The predicted molar refractivity (Wildman–Crippen MR) is 78.6 cm³/mol. The number of carbonyl (C=O) groups excluding carboxylic acids is 1. The Morgan fingerprint density at radius 2 is 2.00 bits per heavy atom. The third-order valence-corrected chi connectivity index (χ3v) is 4.96. The molecule has 1 amide bonds. The van der Waals surface area contributed by atoms with Crippen LogP contribution >= 0.6 is 11.6 Å². The van der Waals surface area contributed by atoms with E-state index < -0.39 is 16.1 Å². The quantitative estimate of drug-likeness (QED) is 0.918. The number of hydrogen-bond acceptors (Lipinski definition) is 3. The number of carbonyl (C=O) groups is 1. The molecule has 1 fully saturated rings. The van der Waals surface area contributed by atoms with Crippen molar-refractivity contribution in [3.8, 4) is 0 Å². The summed E-state index contributed by atoms with van der Waals surface area (Å²) in [5.41, 5.74) is 0.729. The van der Waals surface area contributed by atoms with E-state index in [-0.39, 0.29) is 12.5 Å². The van der Waals surface area contributed by atoms with Gasteiger partial charge in [-0.3, -0.25) is 4.79 Å². The number of piperazine rings is 1. The first kappa shape index (κ1) is 15.0. The highest BCUT2D eigenvalue weighted by Crippen LogP contribution is 2.15. The molecule has 1 aliphatic rings. The molecule has 1 aromatic carbocycles. The van der Waals surface area contributed by atoms with Crippen molar-refractivity contribution < 1.29 is 13.2 Å². The first-order chi connectivity index (χ1) is 9.40. The van der Waals surface area contributed by atoms with E-state index in [2.05, 4.69) is 5.32 Å². The molecule has 20 heavy (non-hydrogen) atoms.